The van der Waals surface area contributed by atoms with Crippen molar-refractivity contribution in [1.29, 1.82) is 0 Å². The van der Waals surface area contributed by atoms with E-state index in [-0.39, 0.29) is 0 Å². The zero-order chi connectivity index (χ0) is 11.7. The lowest BCUT2D eigenvalue weighted by Gasteiger charge is -2.37. The molecule has 1 nitrogen and oxygen atoms in total. The molecule has 0 saturated carbocycles. The molecule has 0 amide bonds. The van der Waals surface area contributed by atoms with Gasteiger partial charge in [-0.2, -0.15) is 0 Å². The summed E-state index contributed by atoms with van der Waals surface area (Å²) in [6.07, 6.45) is 6.57. The third-order valence-corrected chi connectivity index (χ3v) is 7.90. The van der Waals surface area contributed by atoms with Gasteiger partial charge in [0.2, 0.25) is 8.32 Å². The smallest absolute Gasteiger partial charge is 0.250 e. The fourth-order valence-corrected chi connectivity index (χ4v) is 2.42. The fourth-order valence-electron chi connectivity index (χ4n) is 1.29. The molecular weight excluding hydrogens is 200 g/mol. The Morgan fingerprint density at radius 2 is 1.73 bits per heavy atom. The molecule has 86 valence electrons. The SMILES string of the molecule is CC1=CC=C(O[Si](C)(C)C(C)(C)C)CC1. The molecule has 0 unspecified atom stereocenters. The first-order valence-electron chi connectivity index (χ1n) is 5.78. The lowest BCUT2D eigenvalue weighted by Crippen LogP contribution is -2.40. The highest BCUT2D eigenvalue weighted by atomic mass is 28.4. The Labute approximate surface area is 95.4 Å². The Hall–Kier alpha value is -0.503. The lowest BCUT2D eigenvalue weighted by atomic mass is 10.1. The van der Waals surface area contributed by atoms with Gasteiger partial charge >= 0.3 is 0 Å². The van der Waals surface area contributed by atoms with Crippen molar-refractivity contribution in [2.45, 2.75) is 58.7 Å². The van der Waals surface area contributed by atoms with Crippen molar-refractivity contribution in [3.8, 4) is 0 Å². The molecule has 1 rings (SSSR count). The third-order valence-electron chi connectivity index (χ3n) is 3.51. The number of hydrogen-bond acceptors (Lipinski definition) is 1. The van der Waals surface area contributed by atoms with Gasteiger partial charge in [-0.05, 0) is 37.6 Å². The normalized spacial score (nSPS) is 18.3. The van der Waals surface area contributed by atoms with Crippen LogP contribution in [0.2, 0.25) is 18.1 Å². The second kappa shape index (κ2) is 4.16. The molecule has 0 aliphatic heterocycles. The summed E-state index contributed by atoms with van der Waals surface area (Å²) in [6.45, 7) is 13.6. The van der Waals surface area contributed by atoms with Gasteiger partial charge in [0, 0.05) is 6.42 Å². The van der Waals surface area contributed by atoms with E-state index in [1.807, 2.05) is 0 Å². The third kappa shape index (κ3) is 3.23. The van der Waals surface area contributed by atoms with Crippen molar-refractivity contribution in [2.75, 3.05) is 0 Å². The number of rotatable bonds is 2. The molecule has 1 aliphatic rings. The van der Waals surface area contributed by atoms with E-state index in [0.29, 0.717) is 5.04 Å². The van der Waals surface area contributed by atoms with Crippen LogP contribution in [0.4, 0.5) is 0 Å². The molecule has 0 saturated heterocycles. The van der Waals surface area contributed by atoms with E-state index in [9.17, 15) is 0 Å². The molecule has 2 heteroatoms. The van der Waals surface area contributed by atoms with Crippen molar-refractivity contribution in [2.24, 2.45) is 0 Å². The molecule has 0 fully saturated rings. The van der Waals surface area contributed by atoms with E-state index in [2.05, 4.69) is 52.9 Å². The summed E-state index contributed by atoms with van der Waals surface area (Å²) in [6, 6.07) is 0. The quantitative estimate of drug-likeness (QED) is 0.621. The van der Waals surface area contributed by atoms with Gasteiger partial charge in [0.05, 0.1) is 5.76 Å². The van der Waals surface area contributed by atoms with E-state index in [0.717, 1.165) is 12.8 Å². The Morgan fingerprint density at radius 3 is 2.13 bits per heavy atom. The highest BCUT2D eigenvalue weighted by molar-refractivity contribution is 6.74. The molecule has 0 aromatic heterocycles. The monoisotopic (exact) mass is 224 g/mol. The van der Waals surface area contributed by atoms with Crippen LogP contribution in [0.3, 0.4) is 0 Å². The lowest BCUT2D eigenvalue weighted by molar-refractivity contribution is 0.364. The minimum atomic E-state index is -1.61. The second-order valence-corrected chi connectivity index (χ2v) is 10.7. The second-order valence-electron chi connectivity index (χ2n) is 6.01. The molecule has 0 heterocycles. The van der Waals surface area contributed by atoms with Gasteiger partial charge in [0.1, 0.15) is 0 Å². The first-order valence-corrected chi connectivity index (χ1v) is 8.68. The standard InChI is InChI=1S/C13H24OSi/c1-11-7-9-12(10-8-11)14-15(5,6)13(2,3)4/h7,9H,8,10H2,1-6H3. The minimum absolute atomic E-state index is 0.296. The molecule has 0 spiro atoms. The van der Waals surface area contributed by atoms with Gasteiger partial charge in [-0.1, -0.05) is 32.4 Å². The van der Waals surface area contributed by atoms with E-state index >= 15 is 0 Å². The van der Waals surface area contributed by atoms with Crippen LogP contribution in [-0.4, -0.2) is 8.32 Å². The van der Waals surface area contributed by atoms with E-state index < -0.39 is 8.32 Å². The molecular formula is C13H24OSi. The maximum atomic E-state index is 6.25. The molecule has 0 radical (unpaired) electrons. The highest BCUT2D eigenvalue weighted by Gasteiger charge is 2.39. The average molecular weight is 224 g/mol. The van der Waals surface area contributed by atoms with E-state index in [1.165, 1.54) is 11.3 Å². The summed E-state index contributed by atoms with van der Waals surface area (Å²) in [5.41, 5.74) is 1.46. The molecule has 0 bridgehead atoms. The molecule has 0 N–H and O–H groups in total. The maximum Gasteiger partial charge on any atom is 0.250 e. The van der Waals surface area contributed by atoms with Crippen LogP contribution in [0.5, 0.6) is 0 Å². The first kappa shape index (κ1) is 12.6. The highest BCUT2D eigenvalue weighted by Crippen LogP contribution is 2.39. The van der Waals surface area contributed by atoms with Gasteiger partial charge in [-0.3, -0.25) is 0 Å². The van der Waals surface area contributed by atoms with Crippen LogP contribution in [-0.2, 0) is 4.43 Å². The van der Waals surface area contributed by atoms with E-state index in [1.54, 1.807) is 0 Å². The number of allylic oxidation sites excluding steroid dienone is 4. The van der Waals surface area contributed by atoms with Crippen LogP contribution in [0, 0.1) is 0 Å². The molecule has 1 aliphatic carbocycles. The maximum absolute atomic E-state index is 6.25. The molecule has 15 heavy (non-hydrogen) atoms. The van der Waals surface area contributed by atoms with Crippen molar-refractivity contribution in [3.63, 3.8) is 0 Å². The van der Waals surface area contributed by atoms with Gasteiger partial charge in [0.25, 0.3) is 0 Å². The summed E-state index contributed by atoms with van der Waals surface area (Å²) in [5.74, 6) is 1.19. The summed E-state index contributed by atoms with van der Waals surface area (Å²) < 4.78 is 6.25. The van der Waals surface area contributed by atoms with Crippen LogP contribution in [0.1, 0.15) is 40.5 Å². The Morgan fingerprint density at radius 1 is 1.13 bits per heavy atom. The van der Waals surface area contributed by atoms with Gasteiger partial charge < -0.3 is 4.43 Å². The predicted octanol–water partition coefficient (Wildman–Crippen LogP) is 4.63. The predicted molar refractivity (Wildman–Crippen MR) is 69.4 cm³/mol. The van der Waals surface area contributed by atoms with Crippen LogP contribution < -0.4 is 0 Å². The van der Waals surface area contributed by atoms with Crippen molar-refractivity contribution >= 4 is 8.32 Å². The molecule has 0 aromatic carbocycles. The Bertz CT molecular complexity index is 292. The number of hydrogen-bond donors (Lipinski definition) is 0. The molecule has 0 atom stereocenters. The van der Waals surface area contributed by atoms with Crippen molar-refractivity contribution in [3.05, 3.63) is 23.5 Å². The van der Waals surface area contributed by atoms with Crippen molar-refractivity contribution < 1.29 is 4.43 Å². The van der Waals surface area contributed by atoms with Crippen LogP contribution in [0.25, 0.3) is 0 Å². The van der Waals surface area contributed by atoms with Gasteiger partial charge in [-0.25, -0.2) is 0 Å². The summed E-state index contributed by atoms with van der Waals surface area (Å²) in [4.78, 5) is 0. The Balaban J connectivity index is 2.71. The van der Waals surface area contributed by atoms with E-state index in [4.69, 9.17) is 4.43 Å². The average Bonchev–Trinajstić information content (AvgIpc) is 2.06. The van der Waals surface area contributed by atoms with Gasteiger partial charge in [-0.15, -0.1) is 0 Å². The van der Waals surface area contributed by atoms with Crippen LogP contribution in [0.15, 0.2) is 23.5 Å². The van der Waals surface area contributed by atoms with Gasteiger partial charge in [0.15, 0.2) is 0 Å². The zero-order valence-electron chi connectivity index (χ0n) is 11.0. The zero-order valence-corrected chi connectivity index (χ0v) is 12.0. The Kier molecular flexibility index (Phi) is 3.49. The molecule has 0 aromatic rings. The largest absolute Gasteiger partial charge is 0.547 e. The minimum Gasteiger partial charge on any atom is -0.547 e. The van der Waals surface area contributed by atoms with Crippen molar-refractivity contribution in [1.82, 2.24) is 0 Å². The topological polar surface area (TPSA) is 9.23 Å². The fraction of sp³-hybridized carbons (Fsp3) is 0.692. The first-order chi connectivity index (χ1) is 6.72. The summed E-state index contributed by atoms with van der Waals surface area (Å²) >= 11 is 0. The summed E-state index contributed by atoms with van der Waals surface area (Å²) in [7, 11) is -1.61. The summed E-state index contributed by atoms with van der Waals surface area (Å²) in [5, 5.41) is 0.296. The van der Waals surface area contributed by atoms with Crippen LogP contribution >= 0.6 is 0 Å².